The number of nitrogens with one attached hydrogen (secondary N) is 4. The van der Waals surface area contributed by atoms with Gasteiger partial charge in [-0.2, -0.15) is 0 Å². The van der Waals surface area contributed by atoms with Crippen molar-refractivity contribution in [2.75, 3.05) is 5.73 Å². The molecule has 2 aromatic heterocycles. The van der Waals surface area contributed by atoms with Crippen molar-refractivity contribution >= 4 is 17.7 Å². The number of carboxylic acids is 1. The van der Waals surface area contributed by atoms with Gasteiger partial charge in [-0.1, -0.05) is 0 Å². The Kier molecular flexibility index (Phi) is 14.4. The van der Waals surface area contributed by atoms with Crippen LogP contribution in [0.1, 0.15) is 21.0 Å². The number of amides is 1. The number of nitrogen functional groups attached to an aromatic ring is 1. The van der Waals surface area contributed by atoms with Crippen LogP contribution in [-0.4, -0.2) is 48.7 Å². The van der Waals surface area contributed by atoms with Gasteiger partial charge in [-0.25, -0.2) is 4.79 Å². The lowest BCUT2D eigenvalue weighted by molar-refractivity contribution is -0.358. The highest BCUT2D eigenvalue weighted by molar-refractivity contribution is 5.94. The number of primary amides is 1. The lowest BCUT2D eigenvalue weighted by Gasteiger charge is -1.97. The quantitative estimate of drug-likeness (QED) is 0.348. The second-order valence-corrected chi connectivity index (χ2v) is 3.37. The molecule has 0 saturated carbocycles. The maximum absolute atomic E-state index is 10.4. The van der Waals surface area contributed by atoms with E-state index in [1.165, 1.54) is 6.33 Å². The number of aromatic nitrogens is 4. The van der Waals surface area contributed by atoms with E-state index in [0.717, 1.165) is 6.07 Å². The third-order valence-corrected chi connectivity index (χ3v) is 1.94. The summed E-state index contributed by atoms with van der Waals surface area (Å²) in [5.74, 6) is -1.88. The minimum absolute atomic E-state index is 0. The first-order valence-electron chi connectivity index (χ1n) is 5.00. The fourth-order valence-electron chi connectivity index (χ4n) is 1.12. The number of aromatic carboxylic acids is 1. The molecule has 0 atom stereocenters. The topological polar surface area (TPSA) is 331 Å². The van der Waals surface area contributed by atoms with E-state index >= 15 is 0 Å². The number of nitrogens with two attached hydrogens (primary N) is 2. The second kappa shape index (κ2) is 12.1. The van der Waals surface area contributed by atoms with Crippen molar-refractivity contribution in [3.8, 4) is 0 Å². The number of H-pyrrole nitrogens is 4. The molecule has 0 saturated heterocycles. The van der Waals surface area contributed by atoms with Gasteiger partial charge < -0.3 is 48.3 Å². The molecular formula is C9H18N6O9. The van der Waals surface area contributed by atoms with E-state index in [1.807, 2.05) is 9.97 Å². The zero-order chi connectivity index (χ0) is 15.3. The summed E-state index contributed by atoms with van der Waals surface area (Å²) < 4.78 is 0. The number of carbonyl (C=O) groups excluding carboxylic acids is 2. The second-order valence-electron chi connectivity index (χ2n) is 3.37. The van der Waals surface area contributed by atoms with Gasteiger partial charge in [0.05, 0.1) is 11.7 Å². The van der Waals surface area contributed by atoms with Crippen molar-refractivity contribution in [1.29, 1.82) is 0 Å². The first-order chi connectivity index (χ1) is 9.31. The highest BCUT2D eigenvalue weighted by Crippen LogP contribution is 1.95. The predicted molar refractivity (Wildman–Crippen MR) is 76.7 cm³/mol. The van der Waals surface area contributed by atoms with E-state index in [1.54, 1.807) is 0 Å². The van der Waals surface area contributed by atoms with E-state index in [-0.39, 0.29) is 33.4 Å². The largest absolute Gasteiger partial charge is 0.543 e. The van der Waals surface area contributed by atoms with Crippen molar-refractivity contribution in [2.45, 2.75) is 0 Å². The normalized spacial score (nSPS) is 7.83. The summed E-state index contributed by atoms with van der Waals surface area (Å²) in [5, 5.41) is 10.1. The van der Waals surface area contributed by atoms with Crippen LogP contribution in [0.3, 0.4) is 0 Å². The highest BCUT2D eigenvalue weighted by Gasteiger charge is 2.11. The van der Waals surface area contributed by atoms with Crippen molar-refractivity contribution in [3.05, 3.63) is 44.6 Å². The number of hydrogen-bond donors (Lipinski definition) is 5. The summed E-state index contributed by atoms with van der Waals surface area (Å²) in [6.45, 7) is 0. The van der Waals surface area contributed by atoms with E-state index in [0.29, 0.717) is 0 Å². The minimum Gasteiger partial charge on any atom is -0.543 e. The molecule has 0 aromatic carbocycles. The molecule has 0 aliphatic rings. The molecule has 138 valence electrons. The summed E-state index contributed by atoms with van der Waals surface area (Å²) in [6, 6.07) is 0.733. The Morgan fingerprint density at radius 3 is 1.92 bits per heavy atom. The van der Waals surface area contributed by atoms with Gasteiger partial charge in [0, 0.05) is 6.07 Å². The average molecular weight is 354 g/mol. The fourth-order valence-corrected chi connectivity index (χ4v) is 1.12. The van der Waals surface area contributed by atoms with Gasteiger partial charge in [0.2, 0.25) is 5.69 Å². The average Bonchev–Trinajstić information content (AvgIpc) is 2.75. The van der Waals surface area contributed by atoms with Gasteiger partial charge in [0.15, 0.2) is 6.33 Å². The monoisotopic (exact) mass is 354 g/mol. The predicted octanol–water partition coefficient (Wildman–Crippen LogP) is -7.36. The van der Waals surface area contributed by atoms with Gasteiger partial charge in [-0.15, -0.1) is 0 Å². The zero-order valence-corrected chi connectivity index (χ0v) is 11.9. The molecule has 15 nitrogen and oxygen atoms in total. The number of anilines is 1. The van der Waals surface area contributed by atoms with E-state index in [9.17, 15) is 24.3 Å². The molecular weight excluding hydrogens is 336 g/mol. The molecule has 0 aliphatic heterocycles. The standard InChI is InChI=1S/C5H4N2O4.C4H6N4O.4H2O/c8-3-1-2(4(9)10)6-5(11)7-3;5-3-2(4(6)9)7-1-8-3;;;;/h1H,(H,9,10)(H2,6,7,8,11);1H,5H2,(H2,6,9)(H,7,8);4*1H2. The van der Waals surface area contributed by atoms with Gasteiger partial charge in [0.1, 0.15) is 0 Å². The number of carboxylic acid groups (broad SMARTS) is 1. The molecule has 0 bridgehead atoms. The van der Waals surface area contributed by atoms with Crippen LogP contribution in [-0.2, 0) is 0 Å². The SMILES string of the molecule is NC(=O)c1[nH]c[nH+]c1N.O.O.O.O.O=C([O-])c1cc(=O)[nH]c(=O)[nH]1. The molecule has 1 amide bonds. The molecule has 2 rings (SSSR count). The summed E-state index contributed by atoms with van der Waals surface area (Å²) in [5.41, 5.74) is 8.20. The third-order valence-electron chi connectivity index (χ3n) is 1.94. The summed E-state index contributed by atoms with van der Waals surface area (Å²) in [4.78, 5) is 50.1. The third kappa shape index (κ3) is 8.05. The molecule has 0 aliphatic carbocycles. The van der Waals surface area contributed by atoms with Gasteiger partial charge in [-0.3, -0.25) is 24.5 Å². The Labute approximate surface area is 131 Å². The molecule has 16 N–H and O–H groups in total. The van der Waals surface area contributed by atoms with Gasteiger partial charge in [0.25, 0.3) is 17.3 Å². The lowest BCUT2D eigenvalue weighted by atomic mass is 10.4. The Hall–Kier alpha value is -3.53. The Morgan fingerprint density at radius 2 is 1.62 bits per heavy atom. The highest BCUT2D eigenvalue weighted by atomic mass is 16.4. The van der Waals surface area contributed by atoms with Crippen molar-refractivity contribution in [2.24, 2.45) is 5.73 Å². The Bertz CT molecular complexity index is 720. The van der Waals surface area contributed by atoms with Crippen molar-refractivity contribution in [1.82, 2.24) is 15.0 Å². The summed E-state index contributed by atoms with van der Waals surface area (Å²) >= 11 is 0. The van der Waals surface area contributed by atoms with Crippen LogP contribution in [0.4, 0.5) is 5.82 Å². The Morgan fingerprint density at radius 1 is 1.08 bits per heavy atom. The van der Waals surface area contributed by atoms with Crippen molar-refractivity contribution < 1.29 is 41.6 Å². The van der Waals surface area contributed by atoms with Crippen molar-refractivity contribution in [3.63, 3.8) is 0 Å². The van der Waals surface area contributed by atoms with Crippen LogP contribution in [0, 0.1) is 0 Å². The van der Waals surface area contributed by atoms with E-state index in [4.69, 9.17) is 11.5 Å². The number of aromatic amines is 4. The molecule has 0 spiro atoms. The zero-order valence-electron chi connectivity index (χ0n) is 11.9. The maximum atomic E-state index is 10.4. The first-order valence-corrected chi connectivity index (χ1v) is 5.00. The molecule has 0 unspecified atom stereocenters. The number of rotatable bonds is 2. The molecule has 2 aromatic rings. The van der Waals surface area contributed by atoms with Gasteiger partial charge >= 0.3 is 5.69 Å². The summed E-state index contributed by atoms with van der Waals surface area (Å²) in [7, 11) is 0. The van der Waals surface area contributed by atoms with Crippen LogP contribution < -0.4 is 32.8 Å². The molecule has 15 heteroatoms. The number of hydrogen-bond acceptors (Lipinski definition) is 6. The molecule has 24 heavy (non-hydrogen) atoms. The molecule has 0 radical (unpaired) electrons. The van der Waals surface area contributed by atoms with Crippen LogP contribution in [0.15, 0.2) is 22.0 Å². The van der Waals surface area contributed by atoms with E-state index in [2.05, 4.69) is 9.97 Å². The Balaban J connectivity index is -0.000000145. The molecule has 0 fully saturated rings. The number of carbonyl (C=O) groups is 2. The summed E-state index contributed by atoms with van der Waals surface area (Å²) in [6.07, 6.45) is 1.44. The lowest BCUT2D eigenvalue weighted by Crippen LogP contribution is -2.31. The fraction of sp³-hybridized carbons (Fsp3) is 0. The van der Waals surface area contributed by atoms with Crippen LogP contribution >= 0.6 is 0 Å². The van der Waals surface area contributed by atoms with Crippen LogP contribution in [0.25, 0.3) is 0 Å². The van der Waals surface area contributed by atoms with E-state index < -0.39 is 28.8 Å². The molecule has 2 heterocycles. The van der Waals surface area contributed by atoms with Crippen LogP contribution in [0.2, 0.25) is 0 Å². The number of imidazole rings is 1. The smallest absolute Gasteiger partial charge is 0.326 e. The van der Waals surface area contributed by atoms with Crippen LogP contribution in [0.5, 0.6) is 0 Å². The maximum Gasteiger partial charge on any atom is 0.326 e. The minimum atomic E-state index is -1.59. The van der Waals surface area contributed by atoms with Gasteiger partial charge in [-0.05, 0) is 0 Å². The first kappa shape index (κ1) is 28.6.